The van der Waals surface area contributed by atoms with Crippen molar-refractivity contribution in [2.45, 2.75) is 281 Å². The van der Waals surface area contributed by atoms with Crippen LogP contribution in [0.1, 0.15) is 258 Å². The molecule has 0 spiro atoms. The number of hydrogen-bond donors (Lipinski definition) is 0. The summed E-state index contributed by atoms with van der Waals surface area (Å²) in [5.74, 6) is -1.10. The highest BCUT2D eigenvalue weighted by atomic mass is 16.6. The van der Waals surface area contributed by atoms with E-state index < -0.39 is 0 Å². The second-order valence-electron chi connectivity index (χ2n) is 36.5. The van der Waals surface area contributed by atoms with Crippen molar-refractivity contribution < 1.29 is 66.0 Å². The summed E-state index contributed by atoms with van der Waals surface area (Å²) in [6.45, 7) is 71.0. The van der Waals surface area contributed by atoms with Crippen molar-refractivity contribution in [1.82, 2.24) is 15.2 Å². The molecule has 10 rings (SSSR count). The average molecular weight is 1440 g/mol. The number of cyclic esters (lactones) is 6. The quantitative estimate of drug-likeness (QED) is 0.117. The molecule has 0 aliphatic carbocycles. The van der Waals surface area contributed by atoms with Crippen LogP contribution in [0.15, 0.2) is 163 Å². The number of ether oxygens (including phenoxy) is 6. The molecule has 10 heterocycles. The fraction of sp³-hybridized carbons (Fsp3) is 0.581. The summed E-state index contributed by atoms with van der Waals surface area (Å²) >= 11 is 0. The van der Waals surface area contributed by atoms with Crippen molar-refractivity contribution in [3.63, 3.8) is 0 Å². The Morgan fingerprint density at radius 2 is 0.808 bits per heavy atom. The van der Waals surface area contributed by atoms with Gasteiger partial charge < -0.3 is 37.3 Å². The molecule has 4 aromatic rings. The molecule has 0 fully saturated rings. The number of esters is 6. The molecular weight excluding hydrogens is 1310 g/mol. The predicted octanol–water partition coefficient (Wildman–Crippen LogP) is 19.3. The molecule has 0 saturated heterocycles. The maximum Gasteiger partial charge on any atom is 0.335 e. The van der Waals surface area contributed by atoms with Gasteiger partial charge in [0.15, 0.2) is 0 Å². The Balaban J connectivity index is 0.000000578. The van der Waals surface area contributed by atoms with Gasteiger partial charge >= 0.3 is 41.4 Å². The molecule has 104 heavy (non-hydrogen) atoms. The Hall–Kier alpha value is -8.28. The van der Waals surface area contributed by atoms with Gasteiger partial charge in [0.05, 0.1) is 25.0 Å². The lowest BCUT2D eigenvalue weighted by Crippen LogP contribution is -2.17. The molecule has 0 amide bonds. The maximum absolute atomic E-state index is 11.1. The van der Waals surface area contributed by atoms with Crippen LogP contribution in [0.25, 0.3) is 0 Å². The van der Waals surface area contributed by atoms with Gasteiger partial charge in [0.2, 0.25) is 0 Å². The number of furan rings is 1. The third kappa shape index (κ3) is 35.0. The van der Waals surface area contributed by atoms with Crippen LogP contribution in [0.4, 0.5) is 0 Å². The Morgan fingerprint density at radius 3 is 1.00 bits per heavy atom. The van der Waals surface area contributed by atoms with Crippen molar-refractivity contribution in [2.24, 2.45) is 32.5 Å². The number of aromatic nitrogens is 3. The van der Waals surface area contributed by atoms with Crippen molar-refractivity contribution in [1.29, 1.82) is 0 Å². The van der Waals surface area contributed by atoms with E-state index in [2.05, 4.69) is 167 Å². The minimum absolute atomic E-state index is 0.0394. The van der Waals surface area contributed by atoms with Crippen LogP contribution in [-0.2, 0) is 78.8 Å². The first-order valence-corrected chi connectivity index (χ1v) is 35.7. The van der Waals surface area contributed by atoms with Gasteiger partial charge in [0, 0.05) is 59.6 Å². The van der Waals surface area contributed by atoms with Gasteiger partial charge in [-0.3, -0.25) is 4.98 Å². The first kappa shape index (κ1) is 93.7. The van der Waals surface area contributed by atoms with Gasteiger partial charge in [0.25, 0.3) is 0 Å². The van der Waals surface area contributed by atoms with Gasteiger partial charge in [-0.25, -0.2) is 33.6 Å². The van der Waals surface area contributed by atoms with Crippen LogP contribution < -0.4 is 5.63 Å². The van der Waals surface area contributed by atoms with E-state index in [1.54, 1.807) is 55.4 Å². The Bertz CT molecular complexity index is 3510. The standard InChI is InChI=1S/C9H13N.4C9H14O2.C9H12O2.C8H12N2.2C8H12O2.C8H12O/c1-9(2,3)8-5-4-6-10-7-8;2*1-6-7(9(2,3)4)5-8(10)11-6;2*1-6-5-7(8(10)11-6)9(2,3)4;1-9(2,3)7-4-5-8(10)11-6-7;1-8(2,3)7-4-5-9-10-6-7;1-8(2,3)6-4-7(9)10-5-6;1-8(2,3)6-4-5-10-7(6)9;1-8(2,3)7-4-5-9-6-7/h4-7H,1-3H3;4*5-6H,1-4H3;4-6H,1-3H3;4-6H,1-3H3;2*4H,5H2,1-3H3;4-6H,1-3H3/t;4*6-;;;;;/m.1010...../s1. The van der Waals surface area contributed by atoms with E-state index >= 15 is 0 Å². The second-order valence-corrected chi connectivity index (χ2v) is 36.5. The second kappa shape index (κ2) is 38.6. The van der Waals surface area contributed by atoms with Crippen LogP contribution in [0.3, 0.4) is 0 Å². The maximum atomic E-state index is 11.1. The molecule has 0 aromatic carbocycles. The smallest absolute Gasteiger partial charge is 0.335 e. The van der Waals surface area contributed by atoms with Crippen LogP contribution in [-0.4, -0.2) is 88.6 Å². The van der Waals surface area contributed by atoms with E-state index in [0.717, 1.165) is 39.0 Å². The number of nitrogens with zero attached hydrogens (tertiary/aromatic N) is 3. The van der Waals surface area contributed by atoms with Gasteiger partial charge in [-0.15, -0.1) is 0 Å². The van der Waals surface area contributed by atoms with Gasteiger partial charge in [-0.1, -0.05) is 214 Å². The minimum atomic E-state index is -0.294. The van der Waals surface area contributed by atoms with Crippen molar-refractivity contribution in [2.75, 3.05) is 13.2 Å². The first-order chi connectivity index (χ1) is 47.0. The fourth-order valence-electron chi connectivity index (χ4n) is 9.73. The molecule has 0 saturated carbocycles. The zero-order valence-corrected chi connectivity index (χ0v) is 69.7. The molecule has 6 aliphatic heterocycles. The highest BCUT2D eigenvalue weighted by Crippen LogP contribution is 2.36. The lowest BCUT2D eigenvalue weighted by molar-refractivity contribution is -0.140. The lowest BCUT2D eigenvalue weighted by Gasteiger charge is -2.22. The fourth-order valence-corrected chi connectivity index (χ4v) is 9.73. The number of hydrogen-bond acceptors (Lipinski definition) is 18. The van der Waals surface area contributed by atoms with Gasteiger partial charge in [0.1, 0.15) is 37.6 Å². The van der Waals surface area contributed by atoms with Crippen LogP contribution in [0, 0.1) is 32.5 Å². The van der Waals surface area contributed by atoms with Crippen LogP contribution >= 0.6 is 0 Å². The Morgan fingerprint density at radius 1 is 0.375 bits per heavy atom. The van der Waals surface area contributed by atoms with E-state index in [1.165, 1.54) is 29.0 Å². The largest absolute Gasteiger partial charge is 0.472 e. The summed E-state index contributed by atoms with van der Waals surface area (Å²) in [6, 6.07) is 11.3. The topological polar surface area (TPSA) is 240 Å². The number of rotatable bonds is 0. The number of pyridine rings is 1. The molecule has 6 aliphatic rings. The van der Waals surface area contributed by atoms with Crippen molar-refractivity contribution >= 4 is 35.8 Å². The zero-order valence-electron chi connectivity index (χ0n) is 69.7. The summed E-state index contributed by atoms with van der Waals surface area (Å²) in [7, 11) is 0. The molecule has 4 atom stereocenters. The third-order valence-corrected chi connectivity index (χ3v) is 16.3. The lowest BCUT2D eigenvalue weighted by atomic mass is 9.84. The SMILES string of the molecule is CC(C)(C)C1=CC(=O)OC1.CC(C)(C)C1=CCOC1=O.CC(C)(C)c1ccc(=O)oc1.CC(C)(C)c1cccnc1.CC(C)(C)c1ccnnc1.CC(C)(C)c1ccoc1.C[C@@H]1C=C(C(C)(C)C)C(=O)O1.C[C@@H]1OC(=O)C=C1C(C)(C)C.C[C@H]1C=C(C(C)(C)C)C(=O)O1.C[C@H]1OC(=O)C=C1C(C)(C)C. The summed E-state index contributed by atoms with van der Waals surface area (Å²) in [5.41, 5.74) is 10.8. The van der Waals surface area contributed by atoms with Crippen molar-refractivity contribution in [3.8, 4) is 0 Å². The molecule has 578 valence electrons. The molecule has 0 radical (unpaired) electrons. The molecule has 0 N–H and O–H groups in total. The average Bonchev–Trinajstić information content (AvgIpc) is 1.75. The molecule has 4 aromatic heterocycles. The van der Waals surface area contributed by atoms with Crippen LogP contribution in [0.2, 0.25) is 0 Å². The van der Waals surface area contributed by atoms with E-state index in [4.69, 9.17) is 37.3 Å². The summed E-state index contributed by atoms with van der Waals surface area (Å²) in [4.78, 5) is 80.1. The first-order valence-electron chi connectivity index (χ1n) is 35.7. The van der Waals surface area contributed by atoms with Crippen molar-refractivity contribution in [3.05, 3.63) is 183 Å². The normalized spacial score (nSPS) is 18.6. The minimum Gasteiger partial charge on any atom is -0.472 e. The predicted molar refractivity (Wildman–Crippen MR) is 414 cm³/mol. The van der Waals surface area contributed by atoms with Gasteiger partial charge in [-0.05, 0) is 163 Å². The monoisotopic (exact) mass is 1440 g/mol. The third-order valence-electron chi connectivity index (χ3n) is 16.3. The summed E-state index contributed by atoms with van der Waals surface area (Å²) in [6.07, 6.45) is 22.5. The summed E-state index contributed by atoms with van der Waals surface area (Å²) in [5, 5.41) is 7.51. The zero-order chi connectivity index (χ0) is 80.8. The molecule has 0 bridgehead atoms. The molecule has 0 unspecified atom stereocenters. The van der Waals surface area contributed by atoms with E-state index in [1.807, 2.05) is 133 Å². The van der Waals surface area contributed by atoms with Gasteiger partial charge in [-0.2, -0.15) is 10.2 Å². The van der Waals surface area contributed by atoms with E-state index in [9.17, 15) is 33.6 Å². The number of carbonyl (C=O) groups is 6. The molecule has 18 heteroatoms. The molecular formula is C86H129N3O15. The van der Waals surface area contributed by atoms with Crippen LogP contribution in [0.5, 0.6) is 0 Å². The highest BCUT2D eigenvalue weighted by molar-refractivity contribution is 5.93. The van der Waals surface area contributed by atoms with E-state index in [0.29, 0.717) is 13.2 Å². The molecule has 18 nitrogen and oxygen atoms in total. The van der Waals surface area contributed by atoms with E-state index in [-0.39, 0.29) is 120 Å². The summed E-state index contributed by atoms with van der Waals surface area (Å²) < 4.78 is 39.1. The number of carbonyl (C=O) groups excluding carboxylic acids is 6. The Kier molecular flexibility index (Phi) is 34.8. The highest BCUT2D eigenvalue weighted by Gasteiger charge is 2.35. The Labute approximate surface area is 623 Å².